The van der Waals surface area contributed by atoms with Crippen LogP contribution in [0.4, 0.5) is 4.39 Å². The number of benzene rings is 1. The number of likely N-dealkylation sites (tertiary alicyclic amines) is 2. The van der Waals surface area contributed by atoms with Crippen molar-refractivity contribution in [3.8, 4) is 0 Å². The van der Waals surface area contributed by atoms with Crippen molar-refractivity contribution in [2.24, 2.45) is 0 Å². The maximum Gasteiger partial charge on any atom is 0.255 e. The van der Waals surface area contributed by atoms with Crippen LogP contribution in [0.5, 0.6) is 0 Å². The van der Waals surface area contributed by atoms with Gasteiger partial charge in [-0.1, -0.05) is 6.07 Å². The first-order chi connectivity index (χ1) is 18.3. The van der Waals surface area contributed by atoms with E-state index >= 15 is 4.39 Å². The molecule has 4 aliphatic heterocycles. The van der Waals surface area contributed by atoms with E-state index in [9.17, 15) is 14.4 Å². The predicted octanol–water partition coefficient (Wildman–Crippen LogP) is 2.72. The number of halogens is 1. The molecule has 0 bridgehead atoms. The highest BCUT2D eigenvalue weighted by Gasteiger charge is 2.43. The van der Waals surface area contributed by atoms with E-state index in [1.54, 1.807) is 0 Å². The number of rotatable bonds is 5. The lowest BCUT2D eigenvalue weighted by atomic mass is 9.82. The number of fused-ring (bicyclic) bond motifs is 1. The van der Waals surface area contributed by atoms with Crippen LogP contribution in [0, 0.1) is 12.7 Å². The molecule has 3 saturated heterocycles. The first-order valence-electron chi connectivity index (χ1n) is 14.3. The summed E-state index contributed by atoms with van der Waals surface area (Å²) in [4.78, 5) is 43.5. The molecule has 0 aromatic heterocycles. The molecular weight excluding hydrogens is 487 g/mol. The number of nitrogens with one attached hydrogen (secondary N) is 1. The number of piperidine rings is 3. The van der Waals surface area contributed by atoms with Crippen molar-refractivity contribution in [1.82, 2.24) is 20.0 Å². The van der Waals surface area contributed by atoms with Gasteiger partial charge in [-0.25, -0.2) is 4.39 Å². The van der Waals surface area contributed by atoms with Crippen LogP contribution < -0.4 is 5.32 Å². The van der Waals surface area contributed by atoms with Gasteiger partial charge in [0.05, 0.1) is 24.3 Å². The number of nitrogens with zero attached hydrogens (tertiary/aromatic N) is 3. The molecule has 1 aliphatic carbocycles. The van der Waals surface area contributed by atoms with Crippen LogP contribution in [0.25, 0.3) is 0 Å². The summed E-state index contributed by atoms with van der Waals surface area (Å²) in [6.45, 7) is 6.09. The lowest BCUT2D eigenvalue weighted by Gasteiger charge is -2.47. The second-order valence-corrected chi connectivity index (χ2v) is 12.0. The Hall–Kier alpha value is -2.36. The Morgan fingerprint density at radius 1 is 0.974 bits per heavy atom. The second kappa shape index (κ2) is 10.3. The van der Waals surface area contributed by atoms with Crippen molar-refractivity contribution in [3.05, 3.63) is 34.1 Å². The third kappa shape index (κ3) is 4.77. The van der Waals surface area contributed by atoms with Gasteiger partial charge in [0.15, 0.2) is 0 Å². The zero-order chi connectivity index (χ0) is 26.6. The number of ether oxygens (including phenoxy) is 1. The van der Waals surface area contributed by atoms with Gasteiger partial charge in [0.25, 0.3) is 5.91 Å². The predicted molar refractivity (Wildman–Crippen MR) is 139 cm³/mol. The third-order valence-electron chi connectivity index (χ3n) is 9.58. The van der Waals surface area contributed by atoms with Crippen molar-refractivity contribution >= 4 is 17.7 Å². The molecule has 1 N–H and O–H groups in total. The molecule has 1 aromatic carbocycles. The first kappa shape index (κ1) is 25.9. The van der Waals surface area contributed by atoms with Crippen molar-refractivity contribution in [2.45, 2.75) is 95.0 Å². The van der Waals surface area contributed by atoms with Crippen LogP contribution in [-0.2, 0) is 20.9 Å². The van der Waals surface area contributed by atoms with Gasteiger partial charge in [0.1, 0.15) is 11.9 Å². The minimum Gasteiger partial charge on any atom is -0.375 e. The summed E-state index contributed by atoms with van der Waals surface area (Å²) in [5, 5.41) is 2.31. The summed E-state index contributed by atoms with van der Waals surface area (Å²) >= 11 is 0. The fourth-order valence-electron chi connectivity index (χ4n) is 7.17. The monoisotopic (exact) mass is 526 g/mol. The zero-order valence-electron chi connectivity index (χ0n) is 22.5. The Kier molecular flexibility index (Phi) is 7.03. The fourth-order valence-corrected chi connectivity index (χ4v) is 7.17. The highest BCUT2D eigenvalue weighted by atomic mass is 19.1. The van der Waals surface area contributed by atoms with Gasteiger partial charge in [-0.3, -0.25) is 19.7 Å². The summed E-state index contributed by atoms with van der Waals surface area (Å²) in [6, 6.07) is 1.70. The Morgan fingerprint density at radius 3 is 2.37 bits per heavy atom. The number of imide groups is 1. The highest BCUT2D eigenvalue weighted by molar-refractivity contribution is 6.06. The lowest BCUT2D eigenvalue weighted by Crippen LogP contribution is -2.52. The summed E-state index contributed by atoms with van der Waals surface area (Å²) in [7, 11) is 2.17. The molecule has 0 radical (unpaired) electrons. The SMILES string of the molecule is Cc1cc(C2CCN(C3CC(OC4CCN(C)CC4)C3)CC2)c(F)c2c1C(=O)N(C1CCC(=O)NC1=O)C2. The molecule has 1 saturated carbocycles. The van der Waals surface area contributed by atoms with Crippen LogP contribution in [0.2, 0.25) is 0 Å². The van der Waals surface area contributed by atoms with E-state index in [1.165, 1.54) is 4.90 Å². The molecule has 38 heavy (non-hydrogen) atoms. The average Bonchev–Trinajstić information content (AvgIpc) is 3.22. The smallest absolute Gasteiger partial charge is 0.255 e. The van der Waals surface area contributed by atoms with E-state index < -0.39 is 11.9 Å². The first-order valence-corrected chi connectivity index (χ1v) is 14.3. The molecule has 0 spiro atoms. The van der Waals surface area contributed by atoms with E-state index in [1.807, 2.05) is 13.0 Å². The Bertz CT molecular complexity index is 1120. The molecule has 5 aliphatic rings. The molecule has 1 unspecified atom stereocenters. The minimum absolute atomic E-state index is 0.0839. The maximum atomic E-state index is 15.9. The lowest BCUT2D eigenvalue weighted by molar-refractivity contribution is -0.136. The summed E-state index contributed by atoms with van der Waals surface area (Å²) in [5.41, 5.74) is 2.27. The van der Waals surface area contributed by atoms with Gasteiger partial charge >= 0.3 is 0 Å². The Balaban J connectivity index is 1.06. The van der Waals surface area contributed by atoms with Gasteiger partial charge in [-0.05, 0) is 89.1 Å². The van der Waals surface area contributed by atoms with Gasteiger partial charge < -0.3 is 19.4 Å². The van der Waals surface area contributed by atoms with Crippen molar-refractivity contribution in [3.63, 3.8) is 0 Å². The molecule has 6 rings (SSSR count). The number of hydrogen-bond donors (Lipinski definition) is 1. The standard InChI is InChI=1S/C29H39FN4O4/c1-17-13-22(27(30)23-16-34(29(37)26(17)23)24-3-4-25(35)31-28(24)36)18-5-11-33(12-6-18)19-14-21(15-19)38-20-7-9-32(2)10-8-20/h13,18-21,24H,3-12,14-16H2,1-2H3,(H,31,35,36). The normalized spacial score (nSPS) is 29.9. The van der Waals surface area contributed by atoms with Crippen LogP contribution >= 0.6 is 0 Å². The van der Waals surface area contributed by atoms with Crippen LogP contribution in [0.1, 0.15) is 84.3 Å². The molecule has 1 atom stereocenters. The number of amides is 3. The molecule has 8 nitrogen and oxygen atoms in total. The average molecular weight is 527 g/mol. The number of carbonyl (C=O) groups is 3. The number of hydrogen-bond acceptors (Lipinski definition) is 6. The van der Waals surface area contributed by atoms with Gasteiger partial charge in [0.2, 0.25) is 11.8 Å². The molecule has 9 heteroatoms. The van der Waals surface area contributed by atoms with Crippen LogP contribution in [-0.4, -0.2) is 89.9 Å². The number of aryl methyl sites for hydroxylation is 1. The highest BCUT2D eigenvalue weighted by Crippen LogP contribution is 2.40. The molecule has 3 amide bonds. The van der Waals surface area contributed by atoms with E-state index in [0.717, 1.165) is 70.3 Å². The quantitative estimate of drug-likeness (QED) is 0.595. The summed E-state index contributed by atoms with van der Waals surface area (Å²) in [6.07, 6.45) is 7.52. The molecule has 4 heterocycles. The Morgan fingerprint density at radius 2 is 1.68 bits per heavy atom. The van der Waals surface area contributed by atoms with Crippen LogP contribution in [0.15, 0.2) is 6.07 Å². The third-order valence-corrected chi connectivity index (χ3v) is 9.58. The van der Waals surface area contributed by atoms with Crippen LogP contribution in [0.3, 0.4) is 0 Å². The van der Waals surface area contributed by atoms with E-state index in [-0.39, 0.29) is 42.9 Å². The summed E-state index contributed by atoms with van der Waals surface area (Å²) in [5.74, 6) is -1.27. The van der Waals surface area contributed by atoms with Crippen molar-refractivity contribution in [1.29, 1.82) is 0 Å². The fraction of sp³-hybridized carbons (Fsp3) is 0.690. The molecule has 1 aromatic rings. The second-order valence-electron chi connectivity index (χ2n) is 12.0. The maximum absolute atomic E-state index is 15.9. The largest absolute Gasteiger partial charge is 0.375 e. The van der Waals surface area contributed by atoms with Gasteiger partial charge in [0, 0.05) is 31.1 Å². The van der Waals surface area contributed by atoms with E-state index in [2.05, 4.69) is 22.2 Å². The summed E-state index contributed by atoms with van der Waals surface area (Å²) < 4.78 is 22.2. The van der Waals surface area contributed by atoms with Gasteiger partial charge in [-0.15, -0.1) is 0 Å². The Labute approximate surface area is 223 Å². The molecule has 206 valence electrons. The topological polar surface area (TPSA) is 82.2 Å². The molecule has 4 fully saturated rings. The van der Waals surface area contributed by atoms with E-state index in [4.69, 9.17) is 4.74 Å². The van der Waals surface area contributed by atoms with Crippen molar-refractivity contribution < 1.29 is 23.5 Å². The zero-order valence-corrected chi connectivity index (χ0v) is 22.5. The molecular formula is C29H39FN4O4. The van der Waals surface area contributed by atoms with Crippen molar-refractivity contribution in [2.75, 3.05) is 33.2 Å². The number of carbonyl (C=O) groups excluding carboxylic acids is 3. The minimum atomic E-state index is -0.729. The van der Waals surface area contributed by atoms with E-state index in [0.29, 0.717) is 34.9 Å². The van der Waals surface area contributed by atoms with Gasteiger partial charge in [-0.2, -0.15) is 0 Å².